The first-order chi connectivity index (χ1) is 13.6. The monoisotopic (exact) mass is 429 g/mol. The molecule has 29 heavy (non-hydrogen) atoms. The molecular weight excluding hydrogens is 411 g/mol. The van der Waals surface area contributed by atoms with E-state index in [4.69, 9.17) is 9.47 Å². The summed E-state index contributed by atoms with van der Waals surface area (Å²) in [7, 11) is -5.46. The van der Waals surface area contributed by atoms with Gasteiger partial charge in [0.15, 0.2) is 11.5 Å². The molecule has 0 aliphatic carbocycles. The van der Waals surface area contributed by atoms with Crippen LogP contribution in [0.3, 0.4) is 0 Å². The summed E-state index contributed by atoms with van der Waals surface area (Å²) in [5.74, 6) is 0.688. The third-order valence-corrected chi connectivity index (χ3v) is 5.90. The maximum absolute atomic E-state index is 12.8. The van der Waals surface area contributed by atoms with E-state index >= 15 is 0 Å². The summed E-state index contributed by atoms with van der Waals surface area (Å²) in [5, 5.41) is 0. The van der Waals surface area contributed by atoms with Crippen LogP contribution in [0.4, 0.5) is 13.2 Å². The van der Waals surface area contributed by atoms with Gasteiger partial charge in [0.05, 0.1) is 4.90 Å². The van der Waals surface area contributed by atoms with E-state index in [1.54, 1.807) is 25.1 Å². The molecule has 0 N–H and O–H groups in total. The molecule has 156 valence electrons. The van der Waals surface area contributed by atoms with Crippen LogP contribution in [0.2, 0.25) is 0 Å². The summed E-state index contributed by atoms with van der Waals surface area (Å²) in [6.45, 7) is 3.10. The van der Waals surface area contributed by atoms with Crippen LogP contribution in [-0.2, 0) is 16.4 Å². The van der Waals surface area contributed by atoms with Gasteiger partial charge < -0.3 is 14.4 Å². The number of sulfone groups is 1. The van der Waals surface area contributed by atoms with Crippen molar-refractivity contribution in [3.63, 3.8) is 0 Å². The Kier molecular flexibility index (Phi) is 5.74. The Labute approximate surface area is 165 Å². The van der Waals surface area contributed by atoms with Crippen molar-refractivity contribution in [1.29, 1.82) is 0 Å². The zero-order chi connectivity index (χ0) is 21.2. The van der Waals surface area contributed by atoms with Gasteiger partial charge in [0.2, 0.25) is 0 Å². The number of rotatable bonds is 5. The Balaban J connectivity index is 1.82. The Hall–Kier alpha value is -2.75. The minimum absolute atomic E-state index is 0.0786. The summed E-state index contributed by atoms with van der Waals surface area (Å²) in [6, 6.07) is 9.04. The molecule has 0 spiro atoms. The highest BCUT2D eigenvalue weighted by Crippen LogP contribution is 2.34. The van der Waals surface area contributed by atoms with Crippen molar-refractivity contribution in [2.24, 2.45) is 0 Å². The average molecular weight is 429 g/mol. The molecule has 2 aromatic carbocycles. The summed E-state index contributed by atoms with van der Waals surface area (Å²) < 4.78 is 72.0. The maximum atomic E-state index is 12.8. The summed E-state index contributed by atoms with van der Waals surface area (Å²) >= 11 is 0. The zero-order valence-corrected chi connectivity index (χ0v) is 16.2. The highest BCUT2D eigenvalue weighted by molar-refractivity contribution is 7.92. The molecule has 0 atom stereocenters. The van der Waals surface area contributed by atoms with Gasteiger partial charge >= 0.3 is 5.51 Å². The summed E-state index contributed by atoms with van der Waals surface area (Å²) in [6.07, 6.45) is 0. The van der Waals surface area contributed by atoms with Gasteiger partial charge in [-0.1, -0.05) is 12.1 Å². The predicted molar refractivity (Wildman–Crippen MR) is 97.5 cm³/mol. The first-order valence-corrected chi connectivity index (χ1v) is 10.2. The molecule has 0 bridgehead atoms. The summed E-state index contributed by atoms with van der Waals surface area (Å²) in [4.78, 5) is 13.4. The normalized spacial score (nSPS) is 13.8. The number of ether oxygens (including phenoxy) is 2. The maximum Gasteiger partial charge on any atom is 0.501 e. The van der Waals surface area contributed by atoms with Crippen molar-refractivity contribution in [3.8, 4) is 11.5 Å². The SMILES string of the molecule is CCN(Cc1cccc2c1OCCO2)C(=O)c1ccc(S(=O)(=O)C(F)(F)F)cc1. The molecule has 3 rings (SSSR count). The van der Waals surface area contributed by atoms with E-state index in [1.807, 2.05) is 0 Å². The number of hydrogen-bond donors (Lipinski definition) is 0. The highest BCUT2D eigenvalue weighted by atomic mass is 32.2. The van der Waals surface area contributed by atoms with Crippen molar-refractivity contribution in [3.05, 3.63) is 53.6 Å². The van der Waals surface area contributed by atoms with Gasteiger partial charge in [0, 0.05) is 24.2 Å². The molecule has 10 heteroatoms. The van der Waals surface area contributed by atoms with Crippen molar-refractivity contribution in [1.82, 2.24) is 4.90 Å². The van der Waals surface area contributed by atoms with Gasteiger partial charge in [-0.3, -0.25) is 4.79 Å². The lowest BCUT2D eigenvalue weighted by Crippen LogP contribution is -2.31. The Morgan fingerprint density at radius 3 is 2.34 bits per heavy atom. The van der Waals surface area contributed by atoms with Crippen molar-refractivity contribution in [2.75, 3.05) is 19.8 Å². The molecule has 1 aliphatic rings. The topological polar surface area (TPSA) is 72.9 Å². The lowest BCUT2D eigenvalue weighted by atomic mass is 10.1. The molecule has 1 heterocycles. The number of carbonyl (C=O) groups is 1. The van der Waals surface area contributed by atoms with E-state index in [1.165, 1.54) is 4.90 Å². The molecule has 0 saturated carbocycles. The number of hydrogen-bond acceptors (Lipinski definition) is 5. The van der Waals surface area contributed by atoms with Crippen molar-refractivity contribution < 1.29 is 35.9 Å². The van der Waals surface area contributed by atoms with Crippen LogP contribution in [0.1, 0.15) is 22.8 Å². The largest absolute Gasteiger partial charge is 0.501 e. The zero-order valence-electron chi connectivity index (χ0n) is 15.4. The Morgan fingerprint density at radius 1 is 1.07 bits per heavy atom. The second kappa shape index (κ2) is 7.94. The van der Waals surface area contributed by atoms with Crippen LogP contribution in [0.15, 0.2) is 47.4 Å². The molecule has 0 radical (unpaired) electrons. The molecule has 0 unspecified atom stereocenters. The number of nitrogens with zero attached hydrogens (tertiary/aromatic N) is 1. The first-order valence-electron chi connectivity index (χ1n) is 8.73. The van der Waals surface area contributed by atoms with Crippen LogP contribution in [0, 0.1) is 0 Å². The first kappa shape index (κ1) is 21.0. The van der Waals surface area contributed by atoms with E-state index in [2.05, 4.69) is 0 Å². The van der Waals surface area contributed by atoms with Crippen LogP contribution in [-0.4, -0.2) is 44.5 Å². The van der Waals surface area contributed by atoms with Gasteiger partial charge in [0.1, 0.15) is 13.2 Å². The second-order valence-corrected chi connectivity index (χ2v) is 8.18. The van der Waals surface area contributed by atoms with Crippen LogP contribution in [0.25, 0.3) is 0 Å². The summed E-state index contributed by atoms with van der Waals surface area (Å²) in [5.41, 5.74) is -4.59. The fraction of sp³-hybridized carbons (Fsp3) is 0.316. The Morgan fingerprint density at radius 2 is 1.72 bits per heavy atom. The standard InChI is InChI=1S/C19H18F3NO5S/c1-2-23(12-14-4-3-5-16-17(14)28-11-10-27-16)18(24)13-6-8-15(9-7-13)29(25,26)19(20,21)22/h3-9H,2,10-12H2,1H3. The Bertz CT molecular complexity index is 1000. The average Bonchev–Trinajstić information content (AvgIpc) is 2.71. The van der Waals surface area contributed by atoms with E-state index in [0.29, 0.717) is 31.3 Å². The number of fused-ring (bicyclic) bond motifs is 1. The molecule has 0 fully saturated rings. The van der Waals surface area contributed by atoms with E-state index < -0.39 is 26.1 Å². The molecular formula is C19H18F3NO5S. The van der Waals surface area contributed by atoms with E-state index in [9.17, 15) is 26.4 Å². The molecule has 0 saturated heterocycles. The van der Waals surface area contributed by atoms with Gasteiger partial charge in [-0.05, 0) is 37.3 Å². The van der Waals surface area contributed by atoms with E-state index in [0.717, 1.165) is 29.8 Å². The number of halogens is 3. The van der Waals surface area contributed by atoms with Gasteiger partial charge in [-0.15, -0.1) is 0 Å². The fourth-order valence-corrected chi connectivity index (χ4v) is 3.65. The predicted octanol–water partition coefficient (Wildman–Crippen LogP) is 3.41. The van der Waals surface area contributed by atoms with E-state index in [-0.39, 0.29) is 12.1 Å². The van der Waals surface area contributed by atoms with Crippen LogP contribution >= 0.6 is 0 Å². The number of amides is 1. The highest BCUT2D eigenvalue weighted by Gasteiger charge is 2.46. The van der Waals surface area contributed by atoms with Crippen LogP contribution in [0.5, 0.6) is 11.5 Å². The minimum Gasteiger partial charge on any atom is -0.486 e. The quantitative estimate of drug-likeness (QED) is 0.728. The molecule has 2 aromatic rings. The van der Waals surface area contributed by atoms with Gasteiger partial charge in [-0.2, -0.15) is 13.2 Å². The van der Waals surface area contributed by atoms with Crippen molar-refractivity contribution >= 4 is 15.7 Å². The smallest absolute Gasteiger partial charge is 0.486 e. The molecule has 6 nitrogen and oxygen atoms in total. The number of para-hydroxylation sites is 1. The van der Waals surface area contributed by atoms with Crippen LogP contribution < -0.4 is 9.47 Å². The third kappa shape index (κ3) is 4.16. The number of alkyl halides is 3. The lowest BCUT2D eigenvalue weighted by molar-refractivity contribution is -0.0436. The van der Waals surface area contributed by atoms with Crippen molar-refractivity contribution in [2.45, 2.75) is 23.9 Å². The second-order valence-electron chi connectivity index (χ2n) is 6.23. The molecule has 1 aliphatic heterocycles. The van der Waals surface area contributed by atoms with Gasteiger partial charge in [0.25, 0.3) is 15.7 Å². The number of carbonyl (C=O) groups excluding carboxylic acids is 1. The minimum atomic E-state index is -5.46. The number of benzene rings is 2. The lowest BCUT2D eigenvalue weighted by Gasteiger charge is -2.25. The third-order valence-electron chi connectivity index (χ3n) is 4.39. The fourth-order valence-electron chi connectivity index (χ4n) is 2.88. The molecule has 1 amide bonds. The molecule has 0 aromatic heterocycles. The van der Waals surface area contributed by atoms with Gasteiger partial charge in [-0.25, -0.2) is 8.42 Å².